The number of ether oxygens (including phenoxy) is 1. The molecule has 25 heavy (non-hydrogen) atoms. The van der Waals surface area contributed by atoms with Gasteiger partial charge in [0.1, 0.15) is 6.61 Å². The second kappa shape index (κ2) is 7.60. The number of aliphatic hydroxyl groups is 1. The van der Waals surface area contributed by atoms with Crippen LogP contribution >= 0.6 is 0 Å². The Hall–Kier alpha value is -2.48. The van der Waals surface area contributed by atoms with Crippen molar-refractivity contribution in [3.8, 4) is 6.07 Å². The number of alkyl halides is 6. The molecular formula is C14H12F6N2O3. The Morgan fingerprint density at radius 3 is 2.36 bits per heavy atom. The summed E-state index contributed by atoms with van der Waals surface area (Å²) in [6.07, 6.45) is -13.0. The van der Waals surface area contributed by atoms with Crippen LogP contribution in [0.15, 0.2) is 18.2 Å². The summed E-state index contributed by atoms with van der Waals surface area (Å²) in [4.78, 5) is 10.9. The number of anilines is 1. The Morgan fingerprint density at radius 2 is 1.92 bits per heavy atom. The summed E-state index contributed by atoms with van der Waals surface area (Å²) in [5.74, 6) is 0. The van der Waals surface area contributed by atoms with Gasteiger partial charge in [0.05, 0.1) is 23.2 Å². The maximum absolute atomic E-state index is 13.0. The normalized spacial score (nSPS) is 14.4. The molecule has 2 atom stereocenters. The van der Waals surface area contributed by atoms with Crippen LogP contribution in [0.2, 0.25) is 0 Å². The maximum atomic E-state index is 13.0. The number of nitriles is 1. The summed E-state index contributed by atoms with van der Waals surface area (Å²) in [5.41, 5.74) is -2.40. The van der Waals surface area contributed by atoms with Gasteiger partial charge in [-0.1, -0.05) is 0 Å². The fraction of sp³-hybridized carbons (Fsp3) is 0.429. The Kier molecular flexibility index (Phi) is 6.26. The van der Waals surface area contributed by atoms with Crippen LogP contribution in [0, 0.1) is 11.3 Å². The van der Waals surface area contributed by atoms with Crippen molar-refractivity contribution in [1.82, 2.24) is 0 Å². The van der Waals surface area contributed by atoms with Crippen molar-refractivity contribution in [2.24, 2.45) is 0 Å². The second-order valence-electron chi connectivity index (χ2n) is 4.93. The third kappa shape index (κ3) is 4.99. The van der Waals surface area contributed by atoms with Crippen LogP contribution in [0.4, 0.5) is 32.0 Å². The lowest BCUT2D eigenvalue weighted by atomic mass is 10.0. The van der Waals surface area contributed by atoms with Crippen molar-refractivity contribution in [2.75, 3.05) is 18.6 Å². The van der Waals surface area contributed by atoms with E-state index in [2.05, 4.69) is 4.74 Å². The van der Waals surface area contributed by atoms with Crippen molar-refractivity contribution >= 4 is 12.2 Å². The highest BCUT2D eigenvalue weighted by molar-refractivity contribution is 5.55. The fourth-order valence-corrected chi connectivity index (χ4v) is 2.05. The molecule has 0 fully saturated rings. The number of nitrogens with zero attached hydrogens (tertiary/aromatic N) is 2. The number of benzene rings is 1. The van der Waals surface area contributed by atoms with E-state index in [-0.39, 0.29) is 12.2 Å². The van der Waals surface area contributed by atoms with E-state index in [0.717, 1.165) is 19.2 Å². The molecule has 0 bridgehead atoms. The van der Waals surface area contributed by atoms with Gasteiger partial charge in [-0.25, -0.2) is 0 Å². The zero-order valence-corrected chi connectivity index (χ0v) is 12.6. The molecule has 0 radical (unpaired) electrons. The van der Waals surface area contributed by atoms with Gasteiger partial charge in [0.15, 0.2) is 6.10 Å². The average molecular weight is 370 g/mol. The van der Waals surface area contributed by atoms with E-state index in [1.54, 1.807) is 0 Å². The topological polar surface area (TPSA) is 73.6 Å². The number of hydrogen-bond acceptors (Lipinski definition) is 5. The molecule has 0 aromatic heterocycles. The molecule has 0 amide bonds. The molecular weight excluding hydrogens is 358 g/mol. The van der Waals surface area contributed by atoms with E-state index < -0.39 is 42.2 Å². The molecule has 1 N–H and O–H groups in total. The molecule has 5 nitrogen and oxygen atoms in total. The van der Waals surface area contributed by atoms with E-state index in [1.807, 2.05) is 0 Å². The predicted molar refractivity (Wildman–Crippen MR) is 72.4 cm³/mol. The predicted octanol–water partition coefficient (Wildman–Crippen LogP) is 2.48. The zero-order valence-electron chi connectivity index (χ0n) is 12.6. The van der Waals surface area contributed by atoms with Gasteiger partial charge in [-0.2, -0.15) is 31.6 Å². The van der Waals surface area contributed by atoms with Crippen LogP contribution in [0.25, 0.3) is 0 Å². The summed E-state index contributed by atoms with van der Waals surface area (Å²) in [6, 6.07) is 1.72. The van der Waals surface area contributed by atoms with Gasteiger partial charge in [-0.15, -0.1) is 0 Å². The highest BCUT2D eigenvalue weighted by atomic mass is 19.4. The first-order chi connectivity index (χ1) is 11.4. The second-order valence-corrected chi connectivity index (χ2v) is 4.93. The standard InChI is InChI=1S/C14H12F6N2O3/c1-22(11(6-25-7-23)12(24)14(18,19)20)9-3-2-8(5-21)10(4-9)13(15,16)17/h2-4,7,11-12,24H,6H2,1H3. The molecule has 0 heterocycles. The molecule has 1 aromatic carbocycles. The molecule has 2 unspecified atom stereocenters. The molecule has 0 saturated heterocycles. The van der Waals surface area contributed by atoms with Gasteiger partial charge in [0.25, 0.3) is 6.47 Å². The number of carbonyl (C=O) groups excluding carboxylic acids is 1. The minimum atomic E-state index is -5.09. The van der Waals surface area contributed by atoms with E-state index >= 15 is 0 Å². The summed E-state index contributed by atoms with van der Waals surface area (Å²) in [6.45, 7) is -1.06. The first-order valence-electron chi connectivity index (χ1n) is 6.57. The highest BCUT2D eigenvalue weighted by Crippen LogP contribution is 2.35. The molecule has 1 rings (SSSR count). The number of carbonyl (C=O) groups is 1. The molecule has 0 spiro atoms. The van der Waals surface area contributed by atoms with Gasteiger partial charge < -0.3 is 14.7 Å². The van der Waals surface area contributed by atoms with Crippen molar-refractivity contribution in [2.45, 2.75) is 24.5 Å². The van der Waals surface area contributed by atoms with E-state index in [9.17, 15) is 36.2 Å². The minimum absolute atomic E-state index is 0.149. The van der Waals surface area contributed by atoms with Crippen molar-refractivity contribution in [3.05, 3.63) is 29.3 Å². The fourth-order valence-electron chi connectivity index (χ4n) is 2.05. The summed E-state index contributed by atoms with van der Waals surface area (Å²) < 4.78 is 81.4. The van der Waals surface area contributed by atoms with E-state index in [0.29, 0.717) is 11.0 Å². The first-order valence-corrected chi connectivity index (χ1v) is 6.57. The lowest BCUT2D eigenvalue weighted by molar-refractivity contribution is -0.212. The molecule has 0 aliphatic carbocycles. The van der Waals surface area contributed by atoms with Crippen LogP contribution in [0.1, 0.15) is 11.1 Å². The maximum Gasteiger partial charge on any atom is 0.417 e. The van der Waals surface area contributed by atoms with Crippen molar-refractivity contribution in [3.63, 3.8) is 0 Å². The van der Waals surface area contributed by atoms with Crippen LogP contribution in [0.5, 0.6) is 0 Å². The van der Waals surface area contributed by atoms with Crippen LogP contribution in [-0.2, 0) is 15.7 Å². The van der Waals surface area contributed by atoms with Crippen LogP contribution in [0.3, 0.4) is 0 Å². The lowest BCUT2D eigenvalue weighted by Crippen LogP contribution is -2.51. The highest BCUT2D eigenvalue weighted by Gasteiger charge is 2.46. The quantitative estimate of drug-likeness (QED) is 0.615. The van der Waals surface area contributed by atoms with Gasteiger partial charge >= 0.3 is 12.4 Å². The van der Waals surface area contributed by atoms with Gasteiger partial charge in [0.2, 0.25) is 0 Å². The number of aliphatic hydroxyl groups excluding tert-OH is 1. The SMILES string of the molecule is CN(c1ccc(C#N)c(C(F)(F)F)c1)C(COC=O)C(O)C(F)(F)F. The third-order valence-electron chi connectivity index (χ3n) is 3.37. The summed E-state index contributed by atoms with van der Waals surface area (Å²) in [5, 5.41) is 18.1. The molecule has 1 aromatic rings. The lowest BCUT2D eigenvalue weighted by Gasteiger charge is -2.34. The smallest absolute Gasteiger partial charge is 0.417 e. The monoisotopic (exact) mass is 370 g/mol. The van der Waals surface area contributed by atoms with Crippen molar-refractivity contribution < 1.29 is 41.0 Å². The zero-order chi connectivity index (χ0) is 19.4. The number of likely N-dealkylation sites (N-methyl/N-ethyl adjacent to an activating group) is 1. The van der Waals surface area contributed by atoms with Gasteiger partial charge in [-0.05, 0) is 18.2 Å². The van der Waals surface area contributed by atoms with Crippen molar-refractivity contribution in [1.29, 1.82) is 5.26 Å². The summed E-state index contributed by atoms with van der Waals surface area (Å²) >= 11 is 0. The molecule has 138 valence electrons. The van der Waals surface area contributed by atoms with Gasteiger partial charge in [0, 0.05) is 12.7 Å². The average Bonchev–Trinajstić information content (AvgIpc) is 2.52. The Labute approximate surface area is 138 Å². The molecule has 0 aliphatic heterocycles. The molecule has 0 aliphatic rings. The summed E-state index contributed by atoms with van der Waals surface area (Å²) in [7, 11) is 0.995. The first kappa shape index (κ1) is 20.6. The Bertz CT molecular complexity index is 653. The Balaban J connectivity index is 3.31. The number of halogens is 6. The number of hydrogen-bond donors (Lipinski definition) is 1. The number of rotatable bonds is 6. The molecule has 11 heteroatoms. The minimum Gasteiger partial charge on any atom is -0.466 e. The molecule has 0 saturated carbocycles. The Morgan fingerprint density at radius 1 is 1.32 bits per heavy atom. The van der Waals surface area contributed by atoms with Gasteiger partial charge in [-0.3, -0.25) is 4.79 Å². The largest absolute Gasteiger partial charge is 0.466 e. The van der Waals surface area contributed by atoms with Crippen LogP contribution in [-0.4, -0.2) is 43.6 Å². The third-order valence-corrected chi connectivity index (χ3v) is 3.37. The van der Waals surface area contributed by atoms with E-state index in [1.165, 1.54) is 6.07 Å². The van der Waals surface area contributed by atoms with Crippen LogP contribution < -0.4 is 4.90 Å². The van der Waals surface area contributed by atoms with E-state index in [4.69, 9.17) is 5.26 Å².